The summed E-state index contributed by atoms with van der Waals surface area (Å²) in [7, 11) is 0. The summed E-state index contributed by atoms with van der Waals surface area (Å²) in [5.74, 6) is 0.993. The van der Waals surface area contributed by atoms with E-state index in [4.69, 9.17) is 9.15 Å². The van der Waals surface area contributed by atoms with Gasteiger partial charge in [-0.15, -0.1) is 0 Å². The highest BCUT2D eigenvalue weighted by Gasteiger charge is 2.25. The summed E-state index contributed by atoms with van der Waals surface area (Å²) in [6.07, 6.45) is 1.36. The van der Waals surface area contributed by atoms with Crippen molar-refractivity contribution in [3.05, 3.63) is 89.1 Å². The number of benzene rings is 2. The quantitative estimate of drug-likeness (QED) is 0.624. The van der Waals surface area contributed by atoms with E-state index in [1.54, 1.807) is 60.4 Å². The summed E-state index contributed by atoms with van der Waals surface area (Å²) >= 11 is 0. The highest BCUT2D eigenvalue weighted by atomic mass is 19.1. The molecular formula is C25H25FN2O4. The highest BCUT2D eigenvalue weighted by Crippen LogP contribution is 2.19. The van der Waals surface area contributed by atoms with E-state index in [0.717, 1.165) is 5.56 Å². The van der Waals surface area contributed by atoms with Crippen molar-refractivity contribution in [2.75, 3.05) is 13.1 Å². The van der Waals surface area contributed by atoms with Crippen LogP contribution in [0.5, 0.6) is 5.75 Å². The molecule has 0 bridgehead atoms. The van der Waals surface area contributed by atoms with Crippen molar-refractivity contribution in [3.8, 4) is 5.75 Å². The van der Waals surface area contributed by atoms with Gasteiger partial charge in [0.1, 0.15) is 23.9 Å². The van der Waals surface area contributed by atoms with Crippen molar-refractivity contribution in [2.45, 2.75) is 32.4 Å². The van der Waals surface area contributed by atoms with E-state index in [9.17, 15) is 14.0 Å². The Labute approximate surface area is 186 Å². The predicted octanol–water partition coefficient (Wildman–Crippen LogP) is 4.34. The van der Waals surface area contributed by atoms with Gasteiger partial charge in [0.2, 0.25) is 0 Å². The fourth-order valence-corrected chi connectivity index (χ4v) is 3.69. The van der Waals surface area contributed by atoms with Crippen molar-refractivity contribution in [3.63, 3.8) is 0 Å². The summed E-state index contributed by atoms with van der Waals surface area (Å²) < 4.78 is 24.2. The molecule has 166 valence electrons. The first kappa shape index (κ1) is 21.6. The van der Waals surface area contributed by atoms with Crippen LogP contribution in [0.1, 0.15) is 45.1 Å². The molecule has 2 amide bonds. The number of nitrogens with zero attached hydrogens (tertiary/aromatic N) is 1. The number of rotatable bonds is 6. The second-order valence-electron chi connectivity index (χ2n) is 7.89. The van der Waals surface area contributed by atoms with E-state index >= 15 is 0 Å². The van der Waals surface area contributed by atoms with Crippen molar-refractivity contribution in [1.29, 1.82) is 0 Å². The van der Waals surface area contributed by atoms with Gasteiger partial charge in [0, 0.05) is 24.7 Å². The van der Waals surface area contributed by atoms with Gasteiger partial charge in [-0.1, -0.05) is 18.2 Å². The lowest BCUT2D eigenvalue weighted by Crippen LogP contribution is -2.46. The third-order valence-corrected chi connectivity index (χ3v) is 5.48. The minimum atomic E-state index is -0.291. The van der Waals surface area contributed by atoms with E-state index < -0.39 is 0 Å². The Bertz CT molecular complexity index is 1090. The maximum Gasteiger partial charge on any atom is 0.287 e. The van der Waals surface area contributed by atoms with Crippen LogP contribution < -0.4 is 10.1 Å². The van der Waals surface area contributed by atoms with Gasteiger partial charge in [-0.25, -0.2) is 4.39 Å². The molecule has 1 N–H and O–H groups in total. The molecule has 2 heterocycles. The number of amides is 2. The average molecular weight is 436 g/mol. The number of carbonyl (C=O) groups is 2. The molecule has 0 aliphatic carbocycles. The van der Waals surface area contributed by atoms with Crippen LogP contribution in [0, 0.1) is 12.7 Å². The number of aryl methyl sites for hydroxylation is 1. The van der Waals surface area contributed by atoms with Crippen LogP contribution >= 0.6 is 0 Å². The first-order chi connectivity index (χ1) is 15.5. The Morgan fingerprint density at radius 2 is 1.84 bits per heavy atom. The molecule has 3 aromatic rings. The molecule has 4 rings (SSSR count). The average Bonchev–Trinajstić information content (AvgIpc) is 3.25. The maximum absolute atomic E-state index is 13.0. The number of hydrogen-bond acceptors (Lipinski definition) is 4. The van der Waals surface area contributed by atoms with Gasteiger partial charge >= 0.3 is 0 Å². The number of hydrogen-bond donors (Lipinski definition) is 1. The van der Waals surface area contributed by atoms with Gasteiger partial charge in [0.05, 0.1) is 0 Å². The fraction of sp³-hybridized carbons (Fsp3) is 0.280. The first-order valence-corrected chi connectivity index (χ1v) is 10.6. The molecule has 1 fully saturated rings. The Morgan fingerprint density at radius 1 is 1.09 bits per heavy atom. The molecule has 0 atom stereocenters. The minimum Gasteiger partial charge on any atom is -0.489 e. The van der Waals surface area contributed by atoms with Crippen LogP contribution in [0.2, 0.25) is 0 Å². The Hall–Kier alpha value is -3.61. The molecule has 0 spiro atoms. The van der Waals surface area contributed by atoms with Gasteiger partial charge < -0.3 is 19.4 Å². The number of furan rings is 1. The largest absolute Gasteiger partial charge is 0.489 e. The SMILES string of the molecule is Cc1ccc(C(=O)NC2CCN(C(=O)c3cccc(OCc4ccc(F)cc4)c3)CC2)o1. The summed E-state index contributed by atoms with van der Waals surface area (Å²) in [6, 6.07) is 16.6. The molecule has 1 aliphatic heterocycles. The zero-order valence-electron chi connectivity index (χ0n) is 17.8. The fourth-order valence-electron chi connectivity index (χ4n) is 3.69. The summed E-state index contributed by atoms with van der Waals surface area (Å²) in [5.41, 5.74) is 1.40. The Morgan fingerprint density at radius 3 is 2.53 bits per heavy atom. The lowest BCUT2D eigenvalue weighted by Gasteiger charge is -2.32. The molecule has 1 aromatic heterocycles. The molecule has 0 unspecified atom stereocenters. The van der Waals surface area contributed by atoms with Crippen LogP contribution in [0.15, 0.2) is 65.1 Å². The first-order valence-electron chi connectivity index (χ1n) is 10.6. The molecule has 6 nitrogen and oxygen atoms in total. The third-order valence-electron chi connectivity index (χ3n) is 5.48. The number of halogens is 1. The molecule has 32 heavy (non-hydrogen) atoms. The number of piperidine rings is 1. The van der Waals surface area contributed by atoms with Gasteiger partial charge in [-0.05, 0) is 67.8 Å². The summed E-state index contributed by atoms with van der Waals surface area (Å²) in [5, 5.41) is 2.98. The van der Waals surface area contributed by atoms with Gasteiger partial charge in [-0.3, -0.25) is 9.59 Å². The van der Waals surface area contributed by atoms with Gasteiger partial charge in [-0.2, -0.15) is 0 Å². The second kappa shape index (κ2) is 9.68. The molecule has 1 aliphatic rings. The molecule has 0 saturated carbocycles. The molecule has 0 radical (unpaired) electrons. The number of likely N-dealkylation sites (tertiary alicyclic amines) is 1. The van der Waals surface area contributed by atoms with Crippen molar-refractivity contribution in [1.82, 2.24) is 10.2 Å². The predicted molar refractivity (Wildman–Crippen MR) is 117 cm³/mol. The van der Waals surface area contributed by atoms with Crippen LogP contribution in [-0.2, 0) is 6.61 Å². The van der Waals surface area contributed by atoms with Crippen molar-refractivity contribution < 1.29 is 23.1 Å². The second-order valence-corrected chi connectivity index (χ2v) is 7.89. The smallest absolute Gasteiger partial charge is 0.287 e. The Balaban J connectivity index is 1.29. The van der Waals surface area contributed by atoms with E-state index in [2.05, 4.69) is 5.32 Å². The zero-order valence-corrected chi connectivity index (χ0v) is 17.8. The Kier molecular flexibility index (Phi) is 6.54. The van der Waals surface area contributed by atoms with E-state index in [-0.39, 0.29) is 30.3 Å². The van der Waals surface area contributed by atoms with Crippen LogP contribution in [0.3, 0.4) is 0 Å². The minimum absolute atomic E-state index is 0.00216. The zero-order chi connectivity index (χ0) is 22.5. The van der Waals surface area contributed by atoms with Crippen LogP contribution in [0.25, 0.3) is 0 Å². The number of nitrogens with one attached hydrogen (secondary N) is 1. The molecule has 7 heteroatoms. The van der Waals surface area contributed by atoms with E-state index in [1.165, 1.54) is 12.1 Å². The van der Waals surface area contributed by atoms with Crippen molar-refractivity contribution in [2.24, 2.45) is 0 Å². The molecule has 2 aromatic carbocycles. The van der Waals surface area contributed by atoms with E-state index in [0.29, 0.717) is 48.8 Å². The van der Waals surface area contributed by atoms with E-state index in [1.807, 2.05) is 0 Å². The monoisotopic (exact) mass is 436 g/mol. The number of ether oxygens (including phenoxy) is 1. The van der Waals surface area contributed by atoms with Crippen LogP contribution in [0.4, 0.5) is 4.39 Å². The van der Waals surface area contributed by atoms with Gasteiger partial charge in [0.25, 0.3) is 11.8 Å². The maximum atomic E-state index is 13.0. The third kappa shape index (κ3) is 5.35. The standard InChI is InChI=1S/C25H25FN2O4/c1-17-5-10-23(32-17)24(29)27-21-11-13-28(14-12-21)25(30)19-3-2-4-22(15-19)31-16-18-6-8-20(26)9-7-18/h2-10,15,21H,11-14,16H2,1H3,(H,27,29). The molecular weight excluding hydrogens is 411 g/mol. The lowest BCUT2D eigenvalue weighted by molar-refractivity contribution is 0.0695. The number of carbonyl (C=O) groups excluding carboxylic acids is 2. The lowest BCUT2D eigenvalue weighted by atomic mass is 10.0. The highest BCUT2D eigenvalue weighted by molar-refractivity contribution is 5.95. The van der Waals surface area contributed by atoms with Crippen LogP contribution in [-0.4, -0.2) is 35.8 Å². The normalized spacial score (nSPS) is 14.2. The summed E-state index contributed by atoms with van der Waals surface area (Å²) in [4.78, 5) is 27.0. The van der Waals surface area contributed by atoms with Gasteiger partial charge in [0.15, 0.2) is 5.76 Å². The summed E-state index contributed by atoms with van der Waals surface area (Å²) in [6.45, 7) is 3.20. The molecule has 1 saturated heterocycles. The van der Waals surface area contributed by atoms with Crippen molar-refractivity contribution >= 4 is 11.8 Å². The topological polar surface area (TPSA) is 71.8 Å².